The fourth-order valence-corrected chi connectivity index (χ4v) is 5.89. The van der Waals surface area contributed by atoms with Crippen LogP contribution in [0.1, 0.15) is 42.2 Å². The van der Waals surface area contributed by atoms with Gasteiger partial charge in [0.2, 0.25) is 16.0 Å². The number of anilines is 2. The number of aryl methyl sites for hydroxylation is 1. The summed E-state index contributed by atoms with van der Waals surface area (Å²) in [5.74, 6) is -2.40. The maximum Gasteiger partial charge on any atom is 0.269 e. The van der Waals surface area contributed by atoms with Gasteiger partial charge in [-0.25, -0.2) is 37.0 Å². The Morgan fingerprint density at radius 3 is 2.33 bits per heavy atom. The van der Waals surface area contributed by atoms with Gasteiger partial charge in [0.1, 0.15) is 10.9 Å². The maximum atomic E-state index is 13.7. The molecule has 2 aromatic heterocycles. The van der Waals surface area contributed by atoms with E-state index < -0.39 is 33.9 Å². The summed E-state index contributed by atoms with van der Waals surface area (Å²) in [6, 6.07) is 6.35. The van der Waals surface area contributed by atoms with E-state index in [-0.39, 0.29) is 63.0 Å². The highest BCUT2D eigenvalue weighted by Gasteiger charge is 2.35. The molecule has 2 saturated heterocycles. The van der Waals surface area contributed by atoms with Crippen molar-refractivity contribution in [2.75, 3.05) is 42.6 Å². The second kappa shape index (κ2) is 11.6. The summed E-state index contributed by atoms with van der Waals surface area (Å²) in [6.45, 7) is 1.74. The molecule has 2 fully saturated rings. The molecule has 4 heterocycles. The van der Waals surface area contributed by atoms with Crippen LogP contribution < -0.4 is 14.9 Å². The predicted molar refractivity (Wildman–Crippen MR) is 147 cm³/mol. The van der Waals surface area contributed by atoms with E-state index in [2.05, 4.69) is 20.3 Å². The summed E-state index contributed by atoms with van der Waals surface area (Å²) >= 11 is 0. The van der Waals surface area contributed by atoms with Gasteiger partial charge in [0.25, 0.3) is 12.0 Å². The number of halogens is 4. The molecule has 11 nitrogen and oxygen atoms in total. The Bertz CT molecular complexity index is 1590. The summed E-state index contributed by atoms with van der Waals surface area (Å²) in [5.41, 5.74) is 2.71. The largest absolute Gasteiger partial charge is 0.395 e. The lowest BCUT2D eigenvalue weighted by atomic mass is 10.0. The number of rotatable bonds is 7. The number of aliphatic hydroxyl groups excluding tert-OH is 1. The highest BCUT2D eigenvalue weighted by molar-refractivity contribution is 7.89. The zero-order chi connectivity index (χ0) is 30.2. The molecule has 1 aromatic carbocycles. The van der Waals surface area contributed by atoms with E-state index in [0.717, 1.165) is 0 Å². The fraction of sp³-hybridized carbons (Fsp3) is 0.462. The van der Waals surface area contributed by atoms with Crippen LogP contribution in [-0.4, -0.2) is 77.2 Å². The molecule has 1 unspecified atom stereocenters. The van der Waals surface area contributed by atoms with E-state index in [1.54, 1.807) is 36.2 Å². The Morgan fingerprint density at radius 2 is 1.71 bits per heavy atom. The van der Waals surface area contributed by atoms with Crippen molar-refractivity contribution in [3.63, 3.8) is 0 Å². The molecule has 3 aromatic rings. The smallest absolute Gasteiger partial charge is 0.269 e. The molecule has 2 aliphatic rings. The molecule has 16 heteroatoms. The van der Waals surface area contributed by atoms with E-state index in [4.69, 9.17) is 5.14 Å². The number of piperidine rings is 2. The van der Waals surface area contributed by atoms with Crippen LogP contribution in [0.15, 0.2) is 42.1 Å². The second-order valence-corrected chi connectivity index (χ2v) is 12.2. The number of primary sulfonamides is 1. The molecule has 0 saturated carbocycles. The number of hydrogen-bond donors (Lipinski definition) is 2. The zero-order valence-corrected chi connectivity index (χ0v) is 23.5. The normalized spacial score (nSPS) is 18.3. The number of nitrogens with zero attached hydrogens (tertiary/aromatic N) is 7. The first-order chi connectivity index (χ1) is 19.8. The van der Waals surface area contributed by atoms with Gasteiger partial charge in [-0.05, 0) is 49.1 Å². The number of hydrogen-bond acceptors (Lipinski definition) is 9. The van der Waals surface area contributed by atoms with Crippen LogP contribution in [0.2, 0.25) is 0 Å². The lowest BCUT2D eigenvalue weighted by Gasteiger charge is -2.32. The van der Waals surface area contributed by atoms with Crippen molar-refractivity contribution in [2.45, 2.75) is 43.8 Å². The van der Waals surface area contributed by atoms with E-state index in [1.807, 2.05) is 4.90 Å². The van der Waals surface area contributed by atoms with Gasteiger partial charge >= 0.3 is 0 Å². The minimum absolute atomic E-state index is 0.0668. The molecule has 0 radical (unpaired) electrons. The van der Waals surface area contributed by atoms with Gasteiger partial charge in [0.15, 0.2) is 0 Å². The third kappa shape index (κ3) is 6.39. The number of sulfonamides is 1. The summed E-state index contributed by atoms with van der Waals surface area (Å²) in [7, 11) is -4.14. The lowest BCUT2D eigenvalue weighted by molar-refractivity contribution is -0.0222. The standard InChI is InChI=1S/C26H30F4N8O3S/c1-16-12-19(33-25(32-16)37-10-6-26(29,30)7-11-37)20-14-38(35-34-20)21-3-2-18(23(15-39)42(31,40)41)13-22(21)36-8-4-17(5-9-36)24(27)28/h2-3,12-14,23,39H,4-11,15H2,1H3,(H2,31,40,41). The van der Waals surface area contributed by atoms with Crippen LogP contribution >= 0.6 is 0 Å². The lowest BCUT2D eigenvalue weighted by Crippen LogP contribution is -2.40. The van der Waals surface area contributed by atoms with Gasteiger partial charge in [-0.1, -0.05) is 11.3 Å². The summed E-state index contributed by atoms with van der Waals surface area (Å²) < 4.78 is 79.4. The van der Waals surface area contributed by atoms with Crippen LogP contribution in [0.25, 0.3) is 17.1 Å². The number of aromatic nitrogens is 5. The maximum absolute atomic E-state index is 13.7. The number of alkyl halides is 2. The zero-order valence-electron chi connectivity index (χ0n) is 22.7. The molecule has 1 atom stereocenters. The molecular formula is C26H30F4N8O3S. The molecule has 42 heavy (non-hydrogen) atoms. The summed E-state index contributed by atoms with van der Waals surface area (Å²) in [4.78, 5) is 12.5. The molecular weight excluding hydrogens is 580 g/mol. The first kappa shape index (κ1) is 29.8. The van der Waals surface area contributed by atoms with Crippen LogP contribution in [0.5, 0.6) is 0 Å². The van der Waals surface area contributed by atoms with Gasteiger partial charge < -0.3 is 14.9 Å². The van der Waals surface area contributed by atoms with E-state index in [9.17, 15) is 31.1 Å². The number of benzene rings is 1. The van der Waals surface area contributed by atoms with E-state index >= 15 is 0 Å². The van der Waals surface area contributed by atoms with Crippen LogP contribution in [0.4, 0.5) is 29.2 Å². The summed E-state index contributed by atoms with van der Waals surface area (Å²) in [6.07, 6.45) is -0.422. The minimum Gasteiger partial charge on any atom is -0.395 e. The topological polar surface area (TPSA) is 143 Å². The van der Waals surface area contributed by atoms with Crippen molar-refractivity contribution in [1.29, 1.82) is 0 Å². The molecule has 5 rings (SSSR count). The van der Waals surface area contributed by atoms with Crippen LogP contribution in [-0.2, 0) is 10.0 Å². The van der Waals surface area contributed by atoms with Crippen molar-refractivity contribution < 1.29 is 31.1 Å². The molecule has 0 amide bonds. The summed E-state index contributed by atoms with van der Waals surface area (Å²) in [5, 5.41) is 22.2. The first-order valence-corrected chi connectivity index (χ1v) is 14.9. The van der Waals surface area contributed by atoms with Gasteiger partial charge in [0.05, 0.1) is 29.9 Å². The monoisotopic (exact) mass is 610 g/mol. The molecule has 0 aliphatic carbocycles. The van der Waals surface area contributed by atoms with E-state index in [1.165, 1.54) is 10.7 Å². The first-order valence-electron chi connectivity index (χ1n) is 13.3. The van der Waals surface area contributed by atoms with Crippen molar-refractivity contribution in [3.8, 4) is 17.1 Å². The van der Waals surface area contributed by atoms with Gasteiger partial charge in [0, 0.05) is 44.7 Å². The highest BCUT2D eigenvalue weighted by atomic mass is 32.2. The van der Waals surface area contributed by atoms with Crippen LogP contribution in [0.3, 0.4) is 0 Å². The molecule has 0 spiro atoms. The van der Waals surface area contributed by atoms with Crippen molar-refractivity contribution >= 4 is 21.7 Å². The average molecular weight is 611 g/mol. The Hall–Kier alpha value is -3.63. The Labute approximate surface area is 239 Å². The SMILES string of the molecule is Cc1cc(-c2cn(-c3ccc(C(CO)S(N)(=O)=O)cc3N3CCC(=C(F)F)CC3)nn2)nc(N2CCC(F)(F)CC2)n1. The average Bonchev–Trinajstić information content (AvgIpc) is 3.43. The molecule has 0 bridgehead atoms. The molecule has 226 valence electrons. The van der Waals surface area contributed by atoms with Gasteiger partial charge in [-0.15, -0.1) is 5.10 Å². The Morgan fingerprint density at radius 1 is 1.02 bits per heavy atom. The van der Waals surface area contributed by atoms with Crippen molar-refractivity contribution in [2.24, 2.45) is 5.14 Å². The van der Waals surface area contributed by atoms with E-state index in [0.29, 0.717) is 34.4 Å². The predicted octanol–water partition coefficient (Wildman–Crippen LogP) is 3.34. The van der Waals surface area contributed by atoms with Crippen molar-refractivity contribution in [1.82, 2.24) is 25.0 Å². The third-order valence-electron chi connectivity index (χ3n) is 7.53. The Kier molecular flexibility index (Phi) is 8.22. The minimum atomic E-state index is -4.14. The molecule has 2 aliphatic heterocycles. The quantitative estimate of drug-likeness (QED) is 0.385. The fourth-order valence-electron chi connectivity index (χ4n) is 5.15. The van der Waals surface area contributed by atoms with Gasteiger partial charge in [-0.3, -0.25) is 0 Å². The second-order valence-electron chi connectivity index (χ2n) is 10.4. The van der Waals surface area contributed by atoms with Gasteiger partial charge in [-0.2, -0.15) is 8.78 Å². The Balaban J connectivity index is 1.50. The van der Waals surface area contributed by atoms with Crippen molar-refractivity contribution in [3.05, 3.63) is 53.4 Å². The highest BCUT2D eigenvalue weighted by Crippen LogP contribution is 2.34. The molecule has 3 N–H and O–H groups in total. The number of aliphatic hydroxyl groups is 1. The van der Waals surface area contributed by atoms with Crippen LogP contribution in [0, 0.1) is 6.92 Å². The third-order valence-corrected chi connectivity index (χ3v) is 8.75. The number of nitrogens with two attached hydrogens (primary N) is 1.